The van der Waals surface area contributed by atoms with E-state index in [2.05, 4.69) is 27.6 Å². The highest BCUT2D eigenvalue weighted by molar-refractivity contribution is 14.1. The number of hydrogen-bond donors (Lipinski definition) is 0. The maximum absolute atomic E-state index is 11.8. The van der Waals surface area contributed by atoms with Crippen LogP contribution >= 0.6 is 33.9 Å². The van der Waals surface area contributed by atoms with Gasteiger partial charge in [-0.15, -0.1) is 11.3 Å². The van der Waals surface area contributed by atoms with E-state index in [1.54, 1.807) is 6.08 Å². The molecule has 1 aliphatic heterocycles. The molecule has 19 heavy (non-hydrogen) atoms. The van der Waals surface area contributed by atoms with Crippen molar-refractivity contribution in [2.24, 2.45) is 4.99 Å². The average Bonchev–Trinajstić information content (AvgIpc) is 3.02. The highest BCUT2D eigenvalue weighted by Gasteiger charge is 2.24. The predicted molar refractivity (Wildman–Crippen MR) is 84.1 cm³/mol. The molecule has 3 rings (SSSR count). The second-order valence-electron chi connectivity index (χ2n) is 3.83. The normalized spacial score (nSPS) is 16.6. The number of carbonyl (C=O) groups is 1. The molecule has 0 amide bonds. The van der Waals surface area contributed by atoms with Crippen LogP contribution in [-0.4, -0.2) is 11.9 Å². The van der Waals surface area contributed by atoms with E-state index in [0.29, 0.717) is 11.6 Å². The van der Waals surface area contributed by atoms with Gasteiger partial charge in [0.15, 0.2) is 5.70 Å². The van der Waals surface area contributed by atoms with E-state index in [0.717, 1.165) is 14.0 Å². The molecule has 1 aromatic carbocycles. The monoisotopic (exact) mass is 381 g/mol. The lowest BCUT2D eigenvalue weighted by molar-refractivity contribution is -0.129. The largest absolute Gasteiger partial charge is 0.401 e. The van der Waals surface area contributed by atoms with Crippen LogP contribution in [0.25, 0.3) is 6.08 Å². The molecule has 0 radical (unpaired) electrons. The zero-order valence-electron chi connectivity index (χ0n) is 9.67. The third-order valence-corrected chi connectivity index (χ3v) is 4.39. The smallest absolute Gasteiger partial charge is 0.363 e. The molecule has 0 unspecified atom stereocenters. The maximum Gasteiger partial charge on any atom is 0.363 e. The first-order valence-corrected chi connectivity index (χ1v) is 7.51. The number of nitrogens with zero attached hydrogens (tertiary/aromatic N) is 1. The number of hydrogen-bond acceptors (Lipinski definition) is 4. The molecule has 0 fully saturated rings. The molecule has 2 aromatic rings. The van der Waals surface area contributed by atoms with Crippen molar-refractivity contribution in [3.05, 3.63) is 61.5 Å². The molecular weight excluding hydrogens is 373 g/mol. The second kappa shape index (κ2) is 5.26. The highest BCUT2D eigenvalue weighted by Crippen LogP contribution is 2.23. The van der Waals surface area contributed by atoms with Crippen molar-refractivity contribution < 1.29 is 9.53 Å². The maximum atomic E-state index is 11.8. The molecule has 1 aromatic heterocycles. The second-order valence-corrected chi connectivity index (χ2v) is 5.94. The van der Waals surface area contributed by atoms with E-state index in [9.17, 15) is 4.79 Å². The lowest BCUT2D eigenvalue weighted by Gasteiger charge is -1.97. The van der Waals surface area contributed by atoms with Gasteiger partial charge in [-0.2, -0.15) is 0 Å². The lowest BCUT2D eigenvalue weighted by atomic mass is 10.2. The Kier molecular flexibility index (Phi) is 3.48. The van der Waals surface area contributed by atoms with Crippen molar-refractivity contribution in [1.82, 2.24) is 0 Å². The Labute approximate surface area is 127 Å². The standard InChI is InChI=1S/C14H8INO2S/c15-10-5-2-1-4-9(10)8-11-14(17)18-13(16-11)12-6-3-7-19-12/h1-8H. The number of esters is 1. The molecule has 0 saturated heterocycles. The van der Waals surface area contributed by atoms with Crippen LogP contribution in [0.3, 0.4) is 0 Å². The van der Waals surface area contributed by atoms with E-state index < -0.39 is 5.97 Å². The summed E-state index contributed by atoms with van der Waals surface area (Å²) in [6, 6.07) is 11.6. The van der Waals surface area contributed by atoms with Gasteiger partial charge < -0.3 is 4.74 Å². The molecule has 0 aliphatic carbocycles. The van der Waals surface area contributed by atoms with Gasteiger partial charge in [-0.1, -0.05) is 24.3 Å². The third kappa shape index (κ3) is 2.62. The van der Waals surface area contributed by atoms with Gasteiger partial charge in [0.25, 0.3) is 0 Å². The van der Waals surface area contributed by atoms with Crippen molar-refractivity contribution in [2.45, 2.75) is 0 Å². The molecular formula is C14H8INO2S. The fourth-order valence-corrected chi connectivity index (χ4v) is 2.85. The van der Waals surface area contributed by atoms with Gasteiger partial charge in [0.2, 0.25) is 5.90 Å². The van der Waals surface area contributed by atoms with E-state index in [4.69, 9.17) is 4.74 Å². The summed E-state index contributed by atoms with van der Waals surface area (Å²) in [5.74, 6) is -0.0137. The van der Waals surface area contributed by atoms with Gasteiger partial charge in [0, 0.05) is 3.57 Å². The quantitative estimate of drug-likeness (QED) is 0.452. The summed E-state index contributed by atoms with van der Waals surface area (Å²) in [5, 5.41) is 1.92. The first-order chi connectivity index (χ1) is 9.24. The molecule has 1 aliphatic rings. The van der Waals surface area contributed by atoms with E-state index in [1.165, 1.54) is 11.3 Å². The highest BCUT2D eigenvalue weighted by atomic mass is 127. The van der Waals surface area contributed by atoms with Crippen LogP contribution in [0, 0.1) is 3.57 Å². The summed E-state index contributed by atoms with van der Waals surface area (Å²) in [6.07, 6.45) is 1.75. The van der Waals surface area contributed by atoms with Crippen molar-refractivity contribution in [1.29, 1.82) is 0 Å². The molecule has 94 valence electrons. The van der Waals surface area contributed by atoms with E-state index >= 15 is 0 Å². The SMILES string of the molecule is O=C1OC(c2cccs2)=NC1=Cc1ccccc1I. The number of carbonyl (C=O) groups excluding carboxylic acids is 1. The van der Waals surface area contributed by atoms with Gasteiger partial charge in [0.05, 0.1) is 4.88 Å². The molecule has 0 saturated carbocycles. The molecule has 0 atom stereocenters. The Balaban J connectivity index is 1.98. The summed E-state index contributed by atoms with van der Waals surface area (Å²) < 4.78 is 6.25. The van der Waals surface area contributed by atoms with Crippen molar-refractivity contribution in [3.8, 4) is 0 Å². The van der Waals surface area contributed by atoms with E-state index in [1.807, 2.05) is 41.8 Å². The third-order valence-electron chi connectivity index (χ3n) is 2.55. The Morgan fingerprint density at radius 3 is 2.79 bits per heavy atom. The number of cyclic esters (lactones) is 1. The van der Waals surface area contributed by atoms with Crippen LogP contribution in [0.2, 0.25) is 0 Å². The van der Waals surface area contributed by atoms with Crippen LogP contribution in [0.1, 0.15) is 10.4 Å². The van der Waals surface area contributed by atoms with Crippen LogP contribution in [0.15, 0.2) is 52.5 Å². The molecule has 2 heterocycles. The topological polar surface area (TPSA) is 38.7 Å². The Bertz CT molecular complexity index is 689. The van der Waals surface area contributed by atoms with E-state index in [-0.39, 0.29) is 0 Å². The predicted octanol–water partition coefficient (Wildman–Crippen LogP) is 3.70. The fraction of sp³-hybridized carbons (Fsp3) is 0. The van der Waals surface area contributed by atoms with Gasteiger partial charge in [-0.05, 0) is 51.7 Å². The number of aliphatic imine (C=N–C) groups is 1. The number of thiophene rings is 1. The average molecular weight is 381 g/mol. The summed E-state index contributed by atoms with van der Waals surface area (Å²) in [7, 11) is 0. The minimum atomic E-state index is -0.400. The minimum Gasteiger partial charge on any atom is -0.401 e. The Morgan fingerprint density at radius 1 is 1.21 bits per heavy atom. The van der Waals surface area contributed by atoms with Crippen molar-refractivity contribution >= 4 is 51.9 Å². The van der Waals surface area contributed by atoms with Crippen molar-refractivity contribution in [2.75, 3.05) is 0 Å². The summed E-state index contributed by atoms with van der Waals surface area (Å²) in [4.78, 5) is 16.9. The van der Waals surface area contributed by atoms with Gasteiger partial charge >= 0.3 is 5.97 Å². The summed E-state index contributed by atoms with van der Waals surface area (Å²) in [5.41, 5.74) is 1.30. The number of benzene rings is 1. The van der Waals surface area contributed by atoms with Gasteiger partial charge in [-0.3, -0.25) is 0 Å². The Hall–Kier alpha value is -1.47. The minimum absolute atomic E-state index is 0.340. The first kappa shape index (κ1) is 12.6. The molecule has 0 N–H and O–H groups in total. The first-order valence-electron chi connectivity index (χ1n) is 5.55. The summed E-state index contributed by atoms with van der Waals surface area (Å²) >= 11 is 3.72. The van der Waals surface area contributed by atoms with Crippen LogP contribution in [0.4, 0.5) is 0 Å². The fourth-order valence-electron chi connectivity index (χ4n) is 1.65. The van der Waals surface area contributed by atoms with Crippen LogP contribution in [0.5, 0.6) is 0 Å². The zero-order valence-corrected chi connectivity index (χ0v) is 12.6. The number of halogens is 1. The molecule has 5 heteroatoms. The van der Waals surface area contributed by atoms with Gasteiger partial charge in [0.1, 0.15) is 0 Å². The van der Waals surface area contributed by atoms with Crippen molar-refractivity contribution in [3.63, 3.8) is 0 Å². The molecule has 3 nitrogen and oxygen atoms in total. The zero-order chi connectivity index (χ0) is 13.2. The number of ether oxygens (including phenoxy) is 1. The Morgan fingerprint density at radius 2 is 2.05 bits per heavy atom. The van der Waals surface area contributed by atoms with Gasteiger partial charge in [-0.25, -0.2) is 9.79 Å². The molecule has 0 spiro atoms. The van der Waals surface area contributed by atoms with Crippen LogP contribution in [-0.2, 0) is 9.53 Å². The van der Waals surface area contributed by atoms with Crippen LogP contribution < -0.4 is 0 Å². The summed E-state index contributed by atoms with van der Waals surface area (Å²) in [6.45, 7) is 0. The number of rotatable bonds is 2. The molecule has 0 bridgehead atoms. The lowest BCUT2D eigenvalue weighted by Crippen LogP contribution is -2.03.